The van der Waals surface area contributed by atoms with Gasteiger partial charge in [-0.2, -0.15) is 0 Å². The van der Waals surface area contributed by atoms with Crippen molar-refractivity contribution in [1.29, 1.82) is 0 Å². The van der Waals surface area contributed by atoms with Crippen LogP contribution in [-0.2, 0) is 0 Å². The predicted octanol–water partition coefficient (Wildman–Crippen LogP) is 3.00. The molecule has 0 spiro atoms. The molecule has 2 aliphatic rings. The van der Waals surface area contributed by atoms with E-state index in [0.717, 1.165) is 38.2 Å². The maximum Gasteiger partial charge on any atom is 0.586 e. The first kappa shape index (κ1) is 15.5. The van der Waals surface area contributed by atoms with E-state index in [4.69, 9.17) is 0 Å². The van der Waals surface area contributed by atoms with Crippen LogP contribution in [0, 0.1) is 5.92 Å². The molecule has 3 rings (SSSR count). The molecule has 0 aromatic heterocycles. The molecule has 0 saturated carbocycles. The highest BCUT2D eigenvalue weighted by atomic mass is 19.3. The zero-order chi connectivity index (χ0) is 15.7. The number of piperazine rings is 1. The first-order valence-corrected chi connectivity index (χ1v) is 7.79. The first-order chi connectivity index (χ1) is 10.4. The highest BCUT2D eigenvalue weighted by Gasteiger charge is 2.43. The maximum atomic E-state index is 13.2. The normalized spacial score (nSPS) is 22.0. The Morgan fingerprint density at radius 1 is 1.18 bits per heavy atom. The molecule has 122 valence electrons. The number of benzene rings is 1. The number of alkyl halides is 2. The summed E-state index contributed by atoms with van der Waals surface area (Å²) in [5.41, 5.74) is 1.01. The summed E-state index contributed by atoms with van der Waals surface area (Å²) in [6.07, 6.45) is -2.57. The fraction of sp³-hybridized carbons (Fsp3) is 0.625. The summed E-state index contributed by atoms with van der Waals surface area (Å²) in [7, 11) is 0. The largest absolute Gasteiger partial charge is 0.586 e. The van der Waals surface area contributed by atoms with E-state index in [1.807, 2.05) is 6.07 Å². The lowest BCUT2D eigenvalue weighted by molar-refractivity contribution is -0.286. The van der Waals surface area contributed by atoms with Gasteiger partial charge in [-0.1, -0.05) is 19.9 Å². The monoisotopic (exact) mass is 312 g/mol. The van der Waals surface area contributed by atoms with Crippen LogP contribution in [0.1, 0.15) is 31.9 Å². The molecular weight excluding hydrogens is 290 g/mol. The number of ether oxygens (including phenoxy) is 2. The van der Waals surface area contributed by atoms with Gasteiger partial charge in [-0.15, -0.1) is 8.78 Å². The Kier molecular flexibility index (Phi) is 4.23. The smallest absolute Gasteiger partial charge is 0.395 e. The second-order valence-corrected chi connectivity index (χ2v) is 6.30. The summed E-state index contributed by atoms with van der Waals surface area (Å²) in [6, 6.07) is 5.37. The number of halogens is 2. The lowest BCUT2D eigenvalue weighted by Crippen LogP contribution is -2.45. The molecule has 0 aliphatic carbocycles. The van der Waals surface area contributed by atoms with Crippen molar-refractivity contribution < 1.29 is 18.3 Å². The van der Waals surface area contributed by atoms with Crippen LogP contribution in [0.15, 0.2) is 18.2 Å². The SMILES string of the molecule is CC(C)C[C@H](c1ccc2c(c1)OC(F)(F)O2)N1CCNCC1. The van der Waals surface area contributed by atoms with Crippen molar-refractivity contribution in [3.63, 3.8) is 0 Å². The van der Waals surface area contributed by atoms with Crippen LogP contribution in [-0.4, -0.2) is 37.4 Å². The van der Waals surface area contributed by atoms with Crippen molar-refractivity contribution >= 4 is 0 Å². The van der Waals surface area contributed by atoms with E-state index in [9.17, 15) is 8.78 Å². The molecule has 2 aliphatic heterocycles. The van der Waals surface area contributed by atoms with Crippen LogP contribution in [0.25, 0.3) is 0 Å². The minimum atomic E-state index is -3.55. The molecule has 1 aromatic carbocycles. The lowest BCUT2D eigenvalue weighted by atomic mass is 9.94. The zero-order valence-electron chi connectivity index (χ0n) is 12.9. The second kappa shape index (κ2) is 6.01. The minimum absolute atomic E-state index is 0.109. The quantitative estimate of drug-likeness (QED) is 0.927. The molecule has 22 heavy (non-hydrogen) atoms. The summed E-state index contributed by atoms with van der Waals surface area (Å²) in [6.45, 7) is 8.19. The fourth-order valence-corrected chi connectivity index (χ4v) is 3.11. The molecule has 0 unspecified atom stereocenters. The number of rotatable bonds is 4. The van der Waals surface area contributed by atoms with E-state index in [0.29, 0.717) is 5.92 Å². The molecule has 1 aromatic rings. The Morgan fingerprint density at radius 3 is 2.55 bits per heavy atom. The average Bonchev–Trinajstić information content (AvgIpc) is 2.78. The molecule has 1 atom stereocenters. The van der Waals surface area contributed by atoms with Crippen molar-refractivity contribution in [2.45, 2.75) is 32.6 Å². The predicted molar refractivity (Wildman–Crippen MR) is 79.3 cm³/mol. The van der Waals surface area contributed by atoms with E-state index in [1.54, 1.807) is 12.1 Å². The topological polar surface area (TPSA) is 33.7 Å². The van der Waals surface area contributed by atoms with Crippen LogP contribution in [0.5, 0.6) is 11.5 Å². The third-order valence-electron chi connectivity index (χ3n) is 4.10. The van der Waals surface area contributed by atoms with E-state index >= 15 is 0 Å². The molecule has 1 saturated heterocycles. The van der Waals surface area contributed by atoms with Crippen molar-refractivity contribution in [1.82, 2.24) is 10.2 Å². The Balaban J connectivity index is 1.85. The fourth-order valence-electron chi connectivity index (χ4n) is 3.11. The van der Waals surface area contributed by atoms with Gasteiger partial charge in [-0.05, 0) is 30.0 Å². The van der Waals surface area contributed by atoms with Gasteiger partial charge >= 0.3 is 6.29 Å². The van der Waals surface area contributed by atoms with Gasteiger partial charge in [0.15, 0.2) is 11.5 Å². The van der Waals surface area contributed by atoms with Crippen LogP contribution in [0.2, 0.25) is 0 Å². The number of hydrogen-bond acceptors (Lipinski definition) is 4. The molecule has 1 N–H and O–H groups in total. The molecule has 0 amide bonds. The zero-order valence-corrected chi connectivity index (χ0v) is 12.9. The first-order valence-electron chi connectivity index (χ1n) is 7.79. The van der Waals surface area contributed by atoms with Gasteiger partial charge < -0.3 is 14.8 Å². The van der Waals surface area contributed by atoms with Gasteiger partial charge in [0.2, 0.25) is 0 Å². The van der Waals surface area contributed by atoms with E-state index in [1.165, 1.54) is 0 Å². The van der Waals surface area contributed by atoms with Crippen molar-refractivity contribution in [2.75, 3.05) is 26.2 Å². The number of nitrogens with one attached hydrogen (secondary N) is 1. The summed E-state index contributed by atoms with van der Waals surface area (Å²) < 4.78 is 35.4. The van der Waals surface area contributed by atoms with Crippen molar-refractivity contribution in [3.8, 4) is 11.5 Å². The minimum Gasteiger partial charge on any atom is -0.395 e. The van der Waals surface area contributed by atoms with Crippen LogP contribution < -0.4 is 14.8 Å². The molecule has 0 bridgehead atoms. The molecule has 4 nitrogen and oxygen atoms in total. The number of nitrogens with zero attached hydrogens (tertiary/aromatic N) is 1. The van der Waals surface area contributed by atoms with Crippen molar-refractivity contribution in [2.24, 2.45) is 5.92 Å². The third kappa shape index (κ3) is 3.33. The molecule has 0 radical (unpaired) electrons. The highest BCUT2D eigenvalue weighted by molar-refractivity contribution is 5.46. The van der Waals surface area contributed by atoms with Crippen LogP contribution >= 0.6 is 0 Å². The summed E-state index contributed by atoms with van der Waals surface area (Å²) in [5.74, 6) is 0.760. The van der Waals surface area contributed by atoms with Gasteiger partial charge in [-0.3, -0.25) is 4.90 Å². The van der Waals surface area contributed by atoms with E-state index < -0.39 is 6.29 Å². The van der Waals surface area contributed by atoms with Gasteiger partial charge in [-0.25, -0.2) is 0 Å². The Morgan fingerprint density at radius 2 is 1.86 bits per heavy atom. The van der Waals surface area contributed by atoms with Crippen molar-refractivity contribution in [3.05, 3.63) is 23.8 Å². The Labute approximate surface area is 129 Å². The standard InChI is InChI=1S/C16H22F2N2O2/c1-11(2)9-13(20-7-5-19-6-8-20)12-3-4-14-15(10-12)22-16(17,18)21-14/h3-4,10-11,13,19H,5-9H2,1-2H3/t13-/m1/s1. The third-order valence-corrected chi connectivity index (χ3v) is 4.10. The highest BCUT2D eigenvalue weighted by Crippen LogP contribution is 2.43. The molecule has 6 heteroatoms. The van der Waals surface area contributed by atoms with Gasteiger partial charge in [0.25, 0.3) is 0 Å². The van der Waals surface area contributed by atoms with Gasteiger partial charge in [0, 0.05) is 32.2 Å². The molecule has 2 heterocycles. The Bertz CT molecular complexity index is 531. The maximum absolute atomic E-state index is 13.2. The van der Waals surface area contributed by atoms with Crippen LogP contribution in [0.3, 0.4) is 0 Å². The average molecular weight is 312 g/mol. The van der Waals surface area contributed by atoms with E-state index in [-0.39, 0.29) is 17.5 Å². The number of fused-ring (bicyclic) bond motifs is 1. The summed E-state index contributed by atoms with van der Waals surface area (Å²) in [4.78, 5) is 2.41. The van der Waals surface area contributed by atoms with E-state index in [2.05, 4.69) is 33.5 Å². The molecular formula is C16H22F2N2O2. The Hall–Kier alpha value is -1.40. The summed E-state index contributed by atoms with van der Waals surface area (Å²) >= 11 is 0. The van der Waals surface area contributed by atoms with Gasteiger partial charge in [0.1, 0.15) is 0 Å². The summed E-state index contributed by atoms with van der Waals surface area (Å²) in [5, 5.41) is 3.34. The van der Waals surface area contributed by atoms with Gasteiger partial charge in [0.05, 0.1) is 0 Å². The second-order valence-electron chi connectivity index (χ2n) is 6.30. The molecule has 1 fully saturated rings. The van der Waals surface area contributed by atoms with Crippen LogP contribution in [0.4, 0.5) is 8.78 Å². The number of hydrogen-bond donors (Lipinski definition) is 1. The lowest BCUT2D eigenvalue weighted by Gasteiger charge is -2.36.